The molecule has 30 heavy (non-hydrogen) atoms. The van der Waals surface area contributed by atoms with E-state index in [9.17, 15) is 14.4 Å². The molecule has 0 spiro atoms. The highest BCUT2D eigenvalue weighted by atomic mass is 16.7. The molecule has 1 saturated heterocycles. The third-order valence-electron chi connectivity index (χ3n) is 5.32. The van der Waals surface area contributed by atoms with Crippen LogP contribution in [-0.2, 0) is 20.9 Å². The van der Waals surface area contributed by atoms with Crippen molar-refractivity contribution in [3.05, 3.63) is 40.9 Å². The Morgan fingerprint density at radius 3 is 2.67 bits per heavy atom. The molecule has 158 valence electrons. The molecule has 1 amide bonds. The Morgan fingerprint density at radius 1 is 1.17 bits per heavy atom. The first-order chi connectivity index (χ1) is 14.5. The summed E-state index contributed by atoms with van der Waals surface area (Å²) in [7, 11) is 0. The van der Waals surface area contributed by atoms with Gasteiger partial charge in [0.1, 0.15) is 6.54 Å². The molecule has 2 aliphatic rings. The number of fused-ring (bicyclic) bond motifs is 1. The highest BCUT2D eigenvalue weighted by Gasteiger charge is 2.28. The van der Waals surface area contributed by atoms with E-state index in [1.807, 2.05) is 0 Å². The number of rotatable bonds is 5. The van der Waals surface area contributed by atoms with E-state index in [1.165, 1.54) is 17.0 Å². The van der Waals surface area contributed by atoms with Gasteiger partial charge in [0.05, 0.1) is 24.5 Å². The third kappa shape index (κ3) is 4.14. The maximum absolute atomic E-state index is 12.6. The van der Waals surface area contributed by atoms with Gasteiger partial charge in [-0.25, -0.2) is 4.98 Å². The Morgan fingerprint density at radius 2 is 1.93 bits per heavy atom. The summed E-state index contributed by atoms with van der Waals surface area (Å²) in [6.07, 6.45) is 2.52. The third-order valence-corrected chi connectivity index (χ3v) is 5.32. The number of aromatic nitrogens is 2. The molecule has 1 aromatic carbocycles. The van der Waals surface area contributed by atoms with E-state index >= 15 is 0 Å². The maximum atomic E-state index is 12.6. The number of carbonyl (C=O) groups excluding carboxylic acids is 2. The van der Waals surface area contributed by atoms with Crippen LogP contribution in [0.5, 0.6) is 11.5 Å². The molecule has 3 heterocycles. The van der Waals surface area contributed by atoms with E-state index in [4.69, 9.17) is 14.2 Å². The molecule has 2 aromatic rings. The average Bonchev–Trinajstić information content (AvgIpc) is 3.23. The second kappa shape index (κ2) is 8.56. The highest BCUT2D eigenvalue weighted by Crippen LogP contribution is 2.35. The summed E-state index contributed by atoms with van der Waals surface area (Å²) in [5, 5.41) is 0. The topological polar surface area (TPSA) is 100.0 Å². The predicted molar refractivity (Wildman–Crippen MR) is 106 cm³/mol. The standard InChI is InChI=1S/C21H23N3O6/c1-2-28-21(27)14-5-7-23(8-6-14)20(26)11-24-12-22-16(10-19(24)25)15-3-4-17-18(9-15)30-13-29-17/h3-4,9-10,12,14H,2,5-8,11,13H2,1H3. The number of benzene rings is 1. The highest BCUT2D eigenvalue weighted by molar-refractivity contribution is 5.77. The summed E-state index contributed by atoms with van der Waals surface area (Å²) in [4.78, 5) is 42.9. The van der Waals surface area contributed by atoms with Gasteiger partial charge in [-0.1, -0.05) is 0 Å². The van der Waals surface area contributed by atoms with Gasteiger partial charge in [-0.2, -0.15) is 0 Å². The molecule has 0 aliphatic carbocycles. The second-order valence-electron chi connectivity index (χ2n) is 7.22. The van der Waals surface area contributed by atoms with Crippen LogP contribution in [0.15, 0.2) is 35.4 Å². The zero-order valence-electron chi connectivity index (χ0n) is 16.7. The monoisotopic (exact) mass is 413 g/mol. The Labute approximate surface area is 173 Å². The Balaban J connectivity index is 1.39. The zero-order chi connectivity index (χ0) is 21.1. The number of hydrogen-bond donors (Lipinski definition) is 0. The van der Waals surface area contributed by atoms with Gasteiger partial charge in [0.15, 0.2) is 11.5 Å². The first-order valence-electron chi connectivity index (χ1n) is 9.96. The Hall–Kier alpha value is -3.36. The molecule has 0 atom stereocenters. The van der Waals surface area contributed by atoms with E-state index < -0.39 is 0 Å². The summed E-state index contributed by atoms with van der Waals surface area (Å²) >= 11 is 0. The molecule has 2 aliphatic heterocycles. The lowest BCUT2D eigenvalue weighted by Crippen LogP contribution is -2.43. The largest absolute Gasteiger partial charge is 0.466 e. The van der Waals surface area contributed by atoms with Gasteiger partial charge in [0, 0.05) is 24.7 Å². The van der Waals surface area contributed by atoms with Gasteiger partial charge >= 0.3 is 5.97 Å². The summed E-state index contributed by atoms with van der Waals surface area (Å²) < 4.78 is 17.0. The Bertz CT molecular complexity index is 1010. The van der Waals surface area contributed by atoms with Crippen molar-refractivity contribution in [1.82, 2.24) is 14.5 Å². The smallest absolute Gasteiger partial charge is 0.309 e. The van der Waals surface area contributed by atoms with Crippen molar-refractivity contribution in [2.45, 2.75) is 26.3 Å². The number of ether oxygens (including phenoxy) is 3. The van der Waals surface area contributed by atoms with Gasteiger partial charge in [-0.15, -0.1) is 0 Å². The van der Waals surface area contributed by atoms with Crippen molar-refractivity contribution >= 4 is 11.9 Å². The lowest BCUT2D eigenvalue weighted by molar-refractivity contribution is -0.151. The van der Waals surface area contributed by atoms with Crippen molar-refractivity contribution in [3.8, 4) is 22.8 Å². The van der Waals surface area contributed by atoms with Gasteiger partial charge < -0.3 is 19.1 Å². The minimum Gasteiger partial charge on any atom is -0.466 e. The van der Waals surface area contributed by atoms with Crippen molar-refractivity contribution in [1.29, 1.82) is 0 Å². The number of amides is 1. The van der Waals surface area contributed by atoms with Gasteiger partial charge in [-0.05, 0) is 38.0 Å². The van der Waals surface area contributed by atoms with Crippen LogP contribution in [0.2, 0.25) is 0 Å². The fraction of sp³-hybridized carbons (Fsp3) is 0.429. The minimum atomic E-state index is -0.313. The van der Waals surface area contributed by atoms with Crippen molar-refractivity contribution < 1.29 is 23.8 Å². The van der Waals surface area contributed by atoms with E-state index in [0.29, 0.717) is 49.7 Å². The first-order valence-corrected chi connectivity index (χ1v) is 9.96. The quantitative estimate of drug-likeness (QED) is 0.684. The van der Waals surface area contributed by atoms with Crippen molar-refractivity contribution in [2.75, 3.05) is 26.5 Å². The molecular weight excluding hydrogens is 390 g/mol. The van der Waals surface area contributed by atoms with Crippen LogP contribution in [-0.4, -0.2) is 52.8 Å². The number of likely N-dealkylation sites (tertiary alicyclic amines) is 1. The van der Waals surface area contributed by atoms with Crippen LogP contribution in [0, 0.1) is 5.92 Å². The number of esters is 1. The van der Waals surface area contributed by atoms with Crippen molar-refractivity contribution in [2.24, 2.45) is 5.92 Å². The molecular formula is C21H23N3O6. The number of piperidine rings is 1. The van der Waals surface area contributed by atoms with Gasteiger partial charge in [-0.3, -0.25) is 19.0 Å². The van der Waals surface area contributed by atoms with Crippen LogP contribution in [0.3, 0.4) is 0 Å². The summed E-state index contributed by atoms with van der Waals surface area (Å²) in [6.45, 7) is 3.17. The maximum Gasteiger partial charge on any atom is 0.309 e. The number of nitrogens with zero attached hydrogens (tertiary/aromatic N) is 3. The van der Waals surface area contributed by atoms with Gasteiger partial charge in [0.2, 0.25) is 12.7 Å². The van der Waals surface area contributed by atoms with Crippen LogP contribution >= 0.6 is 0 Å². The van der Waals surface area contributed by atoms with Gasteiger partial charge in [0.25, 0.3) is 5.56 Å². The summed E-state index contributed by atoms with van der Waals surface area (Å²) in [6, 6.07) is 6.75. The molecule has 1 aromatic heterocycles. The zero-order valence-corrected chi connectivity index (χ0v) is 16.7. The molecule has 0 bridgehead atoms. The molecule has 9 nitrogen and oxygen atoms in total. The number of hydrogen-bond acceptors (Lipinski definition) is 7. The fourth-order valence-corrected chi connectivity index (χ4v) is 3.63. The average molecular weight is 413 g/mol. The first kappa shape index (κ1) is 19.9. The predicted octanol–water partition coefficient (Wildman–Crippen LogP) is 1.44. The second-order valence-corrected chi connectivity index (χ2v) is 7.22. The van der Waals surface area contributed by atoms with E-state index in [2.05, 4.69) is 4.98 Å². The van der Waals surface area contributed by atoms with Crippen LogP contribution in [0.1, 0.15) is 19.8 Å². The van der Waals surface area contributed by atoms with E-state index in [1.54, 1.807) is 30.0 Å². The summed E-state index contributed by atoms with van der Waals surface area (Å²) in [5.41, 5.74) is 0.917. The molecule has 9 heteroatoms. The van der Waals surface area contributed by atoms with Crippen LogP contribution < -0.4 is 15.0 Å². The summed E-state index contributed by atoms with van der Waals surface area (Å²) in [5.74, 6) is 0.727. The van der Waals surface area contributed by atoms with Crippen molar-refractivity contribution in [3.63, 3.8) is 0 Å². The molecule has 1 fully saturated rings. The molecule has 0 radical (unpaired) electrons. The molecule has 4 rings (SSSR count). The molecule has 0 N–H and O–H groups in total. The fourth-order valence-electron chi connectivity index (χ4n) is 3.63. The van der Waals surface area contributed by atoms with E-state index in [-0.39, 0.29) is 36.7 Å². The lowest BCUT2D eigenvalue weighted by atomic mass is 9.97. The van der Waals surface area contributed by atoms with Crippen LogP contribution in [0.4, 0.5) is 0 Å². The SMILES string of the molecule is CCOC(=O)C1CCN(C(=O)Cn2cnc(-c3ccc4c(c3)OCO4)cc2=O)CC1. The normalized spacial score (nSPS) is 15.8. The number of carbonyl (C=O) groups is 2. The molecule has 0 saturated carbocycles. The van der Waals surface area contributed by atoms with E-state index in [0.717, 1.165) is 5.56 Å². The minimum absolute atomic E-state index is 0.0860. The molecule has 0 unspecified atom stereocenters. The lowest BCUT2D eigenvalue weighted by Gasteiger charge is -2.31. The Kier molecular flexibility index (Phi) is 5.69. The van der Waals surface area contributed by atoms with Crippen LogP contribution in [0.25, 0.3) is 11.3 Å².